The lowest BCUT2D eigenvalue weighted by Crippen LogP contribution is -2.21. The molecule has 4 rings (SSSR count). The van der Waals surface area contributed by atoms with Gasteiger partial charge in [0, 0.05) is 5.39 Å². The summed E-state index contributed by atoms with van der Waals surface area (Å²) in [5.41, 5.74) is 1.74. The molecule has 1 amide bonds. The number of benzene rings is 1. The van der Waals surface area contributed by atoms with Crippen molar-refractivity contribution in [3.63, 3.8) is 0 Å². The average molecular weight is 403 g/mol. The summed E-state index contributed by atoms with van der Waals surface area (Å²) in [6, 6.07) is 15.8. The van der Waals surface area contributed by atoms with E-state index in [1.807, 2.05) is 12.1 Å². The first-order chi connectivity index (χ1) is 14.2. The van der Waals surface area contributed by atoms with E-state index in [1.165, 1.54) is 17.6 Å². The van der Waals surface area contributed by atoms with Crippen LogP contribution in [0.15, 0.2) is 64.6 Å². The number of para-hydroxylation sites is 1. The van der Waals surface area contributed by atoms with E-state index in [9.17, 15) is 9.59 Å². The standard InChI is InChI=1S/C21H13N3O4S/c22-11-13-7-9-29-20(13)24-19(25)12-28-21(26)15-10-17(18-6-3-8-27-18)23-16-5-2-1-4-14(15)16/h1-10H,12H2,(H,24,25). The minimum absolute atomic E-state index is 0.281. The summed E-state index contributed by atoms with van der Waals surface area (Å²) in [4.78, 5) is 29.3. The summed E-state index contributed by atoms with van der Waals surface area (Å²) in [7, 11) is 0. The van der Waals surface area contributed by atoms with Gasteiger partial charge in [0.1, 0.15) is 16.8 Å². The van der Waals surface area contributed by atoms with Gasteiger partial charge in [-0.15, -0.1) is 11.3 Å². The molecule has 0 aliphatic carbocycles. The van der Waals surface area contributed by atoms with Crippen LogP contribution in [0, 0.1) is 11.3 Å². The van der Waals surface area contributed by atoms with Gasteiger partial charge >= 0.3 is 5.97 Å². The van der Waals surface area contributed by atoms with E-state index in [4.69, 9.17) is 14.4 Å². The van der Waals surface area contributed by atoms with Crippen LogP contribution in [0.4, 0.5) is 5.00 Å². The number of amides is 1. The molecular weight excluding hydrogens is 390 g/mol. The Morgan fingerprint density at radius 2 is 2.07 bits per heavy atom. The zero-order chi connectivity index (χ0) is 20.2. The number of carbonyl (C=O) groups excluding carboxylic acids is 2. The number of hydrogen-bond donors (Lipinski definition) is 1. The number of rotatable bonds is 5. The fraction of sp³-hybridized carbons (Fsp3) is 0.0476. The van der Waals surface area contributed by atoms with Crippen molar-refractivity contribution < 1.29 is 18.7 Å². The summed E-state index contributed by atoms with van der Waals surface area (Å²) in [6.45, 7) is -0.478. The van der Waals surface area contributed by atoms with Crippen LogP contribution in [0.1, 0.15) is 15.9 Å². The van der Waals surface area contributed by atoms with Crippen LogP contribution in [0.2, 0.25) is 0 Å². The molecule has 0 unspecified atom stereocenters. The van der Waals surface area contributed by atoms with Gasteiger partial charge in [-0.3, -0.25) is 4.79 Å². The number of esters is 1. The van der Waals surface area contributed by atoms with Gasteiger partial charge in [-0.2, -0.15) is 5.26 Å². The quantitative estimate of drug-likeness (QED) is 0.500. The summed E-state index contributed by atoms with van der Waals surface area (Å²) in [6.07, 6.45) is 1.52. The lowest BCUT2D eigenvalue weighted by Gasteiger charge is -2.09. The van der Waals surface area contributed by atoms with Gasteiger partial charge in [0.25, 0.3) is 5.91 Å². The third-order valence-corrected chi connectivity index (χ3v) is 4.91. The molecule has 0 atom stereocenters. The number of ether oxygens (including phenoxy) is 1. The minimum atomic E-state index is -0.654. The lowest BCUT2D eigenvalue weighted by atomic mass is 10.1. The molecule has 8 heteroatoms. The van der Waals surface area contributed by atoms with E-state index in [0.29, 0.717) is 32.9 Å². The number of furan rings is 1. The molecule has 0 spiro atoms. The van der Waals surface area contributed by atoms with Gasteiger partial charge in [-0.1, -0.05) is 18.2 Å². The third-order valence-electron chi connectivity index (χ3n) is 4.08. The monoisotopic (exact) mass is 403 g/mol. The largest absolute Gasteiger partial charge is 0.463 e. The van der Waals surface area contributed by atoms with Crippen molar-refractivity contribution in [2.24, 2.45) is 0 Å². The zero-order valence-electron chi connectivity index (χ0n) is 14.9. The molecule has 0 radical (unpaired) electrons. The summed E-state index contributed by atoms with van der Waals surface area (Å²) in [5, 5.41) is 14.3. The molecule has 0 fully saturated rings. The van der Waals surface area contributed by atoms with Crippen molar-refractivity contribution >= 4 is 39.1 Å². The van der Waals surface area contributed by atoms with Crippen molar-refractivity contribution in [3.05, 3.63) is 71.3 Å². The fourth-order valence-corrected chi connectivity index (χ4v) is 3.51. The van der Waals surface area contributed by atoms with Gasteiger partial charge in [-0.05, 0) is 35.7 Å². The maximum absolute atomic E-state index is 12.7. The maximum atomic E-state index is 12.7. The summed E-state index contributed by atoms with van der Waals surface area (Å²) >= 11 is 1.22. The van der Waals surface area contributed by atoms with Gasteiger partial charge in [-0.25, -0.2) is 9.78 Å². The van der Waals surface area contributed by atoms with Crippen LogP contribution in [-0.4, -0.2) is 23.5 Å². The molecule has 1 N–H and O–H groups in total. The number of pyridine rings is 1. The van der Waals surface area contributed by atoms with Gasteiger partial charge < -0.3 is 14.5 Å². The first-order valence-corrected chi connectivity index (χ1v) is 9.42. The van der Waals surface area contributed by atoms with Crippen molar-refractivity contribution in [2.45, 2.75) is 0 Å². The molecular formula is C21H13N3O4S. The molecule has 4 aromatic rings. The Bertz CT molecular complexity index is 1240. The third kappa shape index (κ3) is 3.85. The molecule has 1 aromatic carbocycles. The fourth-order valence-electron chi connectivity index (χ4n) is 2.76. The number of carbonyl (C=O) groups is 2. The second-order valence-electron chi connectivity index (χ2n) is 5.95. The van der Waals surface area contributed by atoms with E-state index >= 15 is 0 Å². The summed E-state index contributed by atoms with van der Waals surface area (Å²) in [5.74, 6) is -0.663. The molecule has 0 aliphatic rings. The van der Waals surface area contributed by atoms with Gasteiger partial charge in [0.15, 0.2) is 12.4 Å². The van der Waals surface area contributed by atoms with Crippen LogP contribution >= 0.6 is 11.3 Å². The Morgan fingerprint density at radius 3 is 2.86 bits per heavy atom. The number of thiophene rings is 1. The minimum Gasteiger partial charge on any atom is -0.463 e. The Labute approximate surface area is 169 Å². The number of anilines is 1. The molecule has 3 heterocycles. The second kappa shape index (κ2) is 7.96. The molecule has 0 bridgehead atoms. The van der Waals surface area contributed by atoms with Crippen LogP contribution in [0.3, 0.4) is 0 Å². The number of fused-ring (bicyclic) bond motifs is 1. The maximum Gasteiger partial charge on any atom is 0.339 e. The lowest BCUT2D eigenvalue weighted by molar-refractivity contribution is -0.119. The SMILES string of the molecule is N#Cc1ccsc1NC(=O)COC(=O)c1cc(-c2ccco2)nc2ccccc12. The van der Waals surface area contributed by atoms with Crippen LogP contribution in [0.25, 0.3) is 22.4 Å². The van der Waals surface area contributed by atoms with Crippen LogP contribution in [-0.2, 0) is 9.53 Å². The predicted molar refractivity (Wildman–Crippen MR) is 107 cm³/mol. The molecule has 142 valence electrons. The number of nitrogens with one attached hydrogen (secondary N) is 1. The summed E-state index contributed by atoms with van der Waals surface area (Å²) < 4.78 is 10.6. The Kier molecular flexibility index (Phi) is 5.05. The first-order valence-electron chi connectivity index (χ1n) is 8.54. The highest BCUT2D eigenvalue weighted by atomic mass is 32.1. The van der Waals surface area contributed by atoms with Crippen LogP contribution in [0.5, 0.6) is 0 Å². The van der Waals surface area contributed by atoms with Crippen molar-refractivity contribution in [1.29, 1.82) is 5.26 Å². The van der Waals surface area contributed by atoms with E-state index in [0.717, 1.165) is 0 Å². The highest BCUT2D eigenvalue weighted by Crippen LogP contribution is 2.26. The number of aromatic nitrogens is 1. The topological polar surface area (TPSA) is 105 Å². The van der Waals surface area contributed by atoms with E-state index in [1.54, 1.807) is 47.8 Å². The second-order valence-corrected chi connectivity index (χ2v) is 6.87. The number of hydrogen-bond acceptors (Lipinski definition) is 7. The Morgan fingerprint density at radius 1 is 1.21 bits per heavy atom. The van der Waals surface area contributed by atoms with E-state index in [2.05, 4.69) is 10.3 Å². The van der Waals surface area contributed by atoms with Crippen molar-refractivity contribution in [2.75, 3.05) is 11.9 Å². The zero-order valence-corrected chi connectivity index (χ0v) is 15.7. The van der Waals surface area contributed by atoms with Crippen molar-refractivity contribution in [3.8, 4) is 17.5 Å². The highest BCUT2D eigenvalue weighted by molar-refractivity contribution is 7.14. The molecule has 7 nitrogen and oxygen atoms in total. The molecule has 0 saturated carbocycles. The normalized spacial score (nSPS) is 10.4. The average Bonchev–Trinajstić information content (AvgIpc) is 3.43. The molecule has 0 saturated heterocycles. The Hall–Kier alpha value is -3.96. The predicted octanol–water partition coefficient (Wildman–Crippen LogP) is 4.22. The van der Waals surface area contributed by atoms with Crippen molar-refractivity contribution in [1.82, 2.24) is 4.98 Å². The van der Waals surface area contributed by atoms with Gasteiger partial charge in [0.2, 0.25) is 0 Å². The number of nitrogens with zero attached hydrogens (tertiary/aromatic N) is 2. The smallest absolute Gasteiger partial charge is 0.339 e. The highest BCUT2D eigenvalue weighted by Gasteiger charge is 2.18. The first kappa shape index (κ1) is 18.4. The van der Waals surface area contributed by atoms with Gasteiger partial charge in [0.05, 0.1) is 22.9 Å². The molecule has 3 aromatic heterocycles. The van der Waals surface area contributed by atoms with E-state index in [-0.39, 0.29) is 5.56 Å². The molecule has 29 heavy (non-hydrogen) atoms. The Balaban J connectivity index is 1.55. The molecule has 0 aliphatic heterocycles. The number of nitriles is 1. The van der Waals surface area contributed by atoms with E-state index < -0.39 is 18.5 Å². The van der Waals surface area contributed by atoms with Crippen LogP contribution < -0.4 is 5.32 Å².